The Morgan fingerprint density at radius 1 is 1.12 bits per heavy atom. The van der Waals surface area contributed by atoms with E-state index in [1.165, 1.54) is 16.4 Å². The molecule has 2 aliphatic heterocycles. The van der Waals surface area contributed by atoms with Crippen LogP contribution in [0.15, 0.2) is 46.3 Å². The molecule has 7 nitrogen and oxygen atoms in total. The van der Waals surface area contributed by atoms with Gasteiger partial charge in [-0.15, -0.1) is 0 Å². The lowest BCUT2D eigenvalue weighted by Crippen LogP contribution is -2.45. The second-order valence-corrected chi connectivity index (χ2v) is 10.3. The van der Waals surface area contributed by atoms with E-state index in [0.717, 1.165) is 6.07 Å². The number of fused-ring (bicyclic) bond motifs is 1. The van der Waals surface area contributed by atoms with Gasteiger partial charge in [0, 0.05) is 18.5 Å². The van der Waals surface area contributed by atoms with Crippen molar-refractivity contribution >= 4 is 39.8 Å². The molecule has 0 aliphatic carbocycles. The summed E-state index contributed by atoms with van der Waals surface area (Å²) in [6, 6.07) is 6.62. The number of halogens is 6. The highest BCUT2D eigenvalue weighted by Gasteiger charge is 2.38. The number of aliphatic imine (C=N–C) groups is 1. The number of aryl methyl sites for hydroxylation is 1. The van der Waals surface area contributed by atoms with Gasteiger partial charge in [-0.1, -0.05) is 12.1 Å². The van der Waals surface area contributed by atoms with E-state index in [1.54, 1.807) is 31.2 Å². The van der Waals surface area contributed by atoms with Crippen LogP contribution in [-0.4, -0.2) is 63.3 Å². The first-order chi connectivity index (χ1) is 18.8. The van der Waals surface area contributed by atoms with E-state index < -0.39 is 35.9 Å². The molecule has 0 radical (unpaired) electrons. The molecule has 2 aromatic carbocycles. The van der Waals surface area contributed by atoms with Crippen LogP contribution in [0.5, 0.6) is 0 Å². The number of carbonyl (C=O) groups is 1. The number of morpholine rings is 1. The number of hydrogen-bond acceptors (Lipinski definition) is 6. The van der Waals surface area contributed by atoms with Crippen LogP contribution in [0.2, 0.25) is 0 Å². The summed E-state index contributed by atoms with van der Waals surface area (Å²) in [5.74, 6) is -0.415. The number of aromatic nitrogens is 2. The van der Waals surface area contributed by atoms with Crippen molar-refractivity contribution in [3.8, 4) is 0 Å². The molecule has 212 valence electrons. The Hall–Kier alpha value is -3.36. The standard InChI is InChI=1S/C26H22F6N4O3S/c1-14-19-8-15(9-22-23(38)33-24(40-22)35-6-7-39-18(12-35)13-37)2-5-21(19)36(34-14)11-16-3-4-17(25(27,28)29)10-20(16)26(30,31)32/h2-5,8-10,18,37H,6-7,11-13H2,1H3/t18-/m0/s1. The van der Waals surface area contributed by atoms with Crippen LogP contribution >= 0.6 is 11.8 Å². The maximum absolute atomic E-state index is 13.6. The number of ether oxygens (including phenoxy) is 1. The topological polar surface area (TPSA) is 80.0 Å². The molecule has 3 heterocycles. The van der Waals surface area contributed by atoms with Gasteiger partial charge in [0.1, 0.15) is 0 Å². The van der Waals surface area contributed by atoms with Crippen LogP contribution in [0, 0.1) is 6.92 Å². The number of aliphatic hydroxyl groups is 1. The fourth-order valence-electron chi connectivity index (χ4n) is 4.57. The molecule has 1 atom stereocenters. The molecule has 0 bridgehead atoms. The van der Waals surface area contributed by atoms with Crippen molar-refractivity contribution in [3.63, 3.8) is 0 Å². The smallest absolute Gasteiger partial charge is 0.394 e. The largest absolute Gasteiger partial charge is 0.416 e. The minimum absolute atomic E-state index is 0.117. The number of nitrogens with zero attached hydrogens (tertiary/aromatic N) is 4. The van der Waals surface area contributed by atoms with Crippen molar-refractivity contribution in [2.45, 2.75) is 31.9 Å². The lowest BCUT2D eigenvalue weighted by Gasteiger charge is -2.32. The molecule has 0 spiro atoms. The molecule has 3 aromatic rings. The van der Waals surface area contributed by atoms with Crippen molar-refractivity contribution in [2.24, 2.45) is 4.99 Å². The molecule has 5 rings (SSSR count). The summed E-state index contributed by atoms with van der Waals surface area (Å²) in [5.41, 5.74) is -1.47. The molecule has 1 saturated heterocycles. The normalized spacial score (nSPS) is 19.6. The Bertz CT molecular complexity index is 1530. The van der Waals surface area contributed by atoms with Crippen LogP contribution < -0.4 is 0 Å². The number of benzene rings is 2. The number of aliphatic hydroxyl groups excluding tert-OH is 1. The maximum Gasteiger partial charge on any atom is 0.416 e. The highest BCUT2D eigenvalue weighted by Crippen LogP contribution is 2.38. The highest BCUT2D eigenvalue weighted by atomic mass is 32.2. The zero-order chi connectivity index (χ0) is 28.8. The molecule has 1 aromatic heterocycles. The fraction of sp³-hybridized carbons (Fsp3) is 0.346. The van der Waals surface area contributed by atoms with Crippen molar-refractivity contribution in [1.82, 2.24) is 14.7 Å². The lowest BCUT2D eigenvalue weighted by atomic mass is 10.0. The van der Waals surface area contributed by atoms with Gasteiger partial charge in [-0.25, -0.2) is 0 Å². The summed E-state index contributed by atoms with van der Waals surface area (Å²) in [7, 11) is 0. The summed E-state index contributed by atoms with van der Waals surface area (Å²) in [6.45, 7) is 2.46. The van der Waals surface area contributed by atoms with Gasteiger partial charge >= 0.3 is 12.4 Å². The van der Waals surface area contributed by atoms with Gasteiger partial charge in [0.2, 0.25) is 0 Å². The second-order valence-electron chi connectivity index (χ2n) is 9.32. The predicted molar refractivity (Wildman–Crippen MR) is 136 cm³/mol. The average Bonchev–Trinajstić information content (AvgIpc) is 3.41. The van der Waals surface area contributed by atoms with Crippen LogP contribution in [-0.2, 0) is 28.4 Å². The van der Waals surface area contributed by atoms with E-state index in [0.29, 0.717) is 58.0 Å². The summed E-state index contributed by atoms with van der Waals surface area (Å²) < 4.78 is 86.8. The molecule has 1 amide bonds. The first-order valence-electron chi connectivity index (χ1n) is 12.1. The monoisotopic (exact) mass is 584 g/mol. The fourth-order valence-corrected chi connectivity index (χ4v) is 5.52. The Balaban J connectivity index is 1.40. The van der Waals surface area contributed by atoms with Crippen molar-refractivity contribution in [1.29, 1.82) is 0 Å². The van der Waals surface area contributed by atoms with E-state index >= 15 is 0 Å². The van der Waals surface area contributed by atoms with Crippen LogP contribution in [0.25, 0.3) is 17.0 Å². The minimum atomic E-state index is -4.99. The van der Waals surface area contributed by atoms with Gasteiger partial charge in [-0.05, 0) is 60.2 Å². The SMILES string of the molecule is Cc1nn(Cc2ccc(C(F)(F)F)cc2C(F)(F)F)c2ccc(C=C3SC(N4CCO[C@H](CO)C4)=NC3=O)cc12. The van der Waals surface area contributed by atoms with Crippen molar-refractivity contribution in [2.75, 3.05) is 26.3 Å². The van der Waals surface area contributed by atoms with Crippen LogP contribution in [0.4, 0.5) is 26.3 Å². The summed E-state index contributed by atoms with van der Waals surface area (Å²) in [5, 5.41) is 14.8. The first-order valence-corrected chi connectivity index (χ1v) is 12.9. The second kappa shape index (κ2) is 10.6. The maximum atomic E-state index is 13.6. The number of rotatable bonds is 4. The van der Waals surface area contributed by atoms with Gasteiger partial charge in [-0.3, -0.25) is 9.48 Å². The van der Waals surface area contributed by atoms with E-state index in [2.05, 4.69) is 10.1 Å². The van der Waals surface area contributed by atoms with Gasteiger partial charge in [0.05, 0.1) is 53.1 Å². The molecule has 2 aliphatic rings. The number of thioether (sulfide) groups is 1. The molecule has 40 heavy (non-hydrogen) atoms. The van der Waals surface area contributed by atoms with Gasteiger partial charge in [-0.2, -0.15) is 36.4 Å². The Kier molecular flexibility index (Phi) is 7.44. The molecule has 1 N–H and O–H groups in total. The zero-order valence-corrected chi connectivity index (χ0v) is 21.7. The third-order valence-electron chi connectivity index (χ3n) is 6.54. The van der Waals surface area contributed by atoms with Crippen molar-refractivity contribution < 1.29 is 41.0 Å². The van der Waals surface area contributed by atoms with E-state index in [1.807, 2.05) is 4.90 Å². The van der Waals surface area contributed by atoms with E-state index in [4.69, 9.17) is 4.74 Å². The molecular weight excluding hydrogens is 562 g/mol. The summed E-state index contributed by atoms with van der Waals surface area (Å²) >= 11 is 1.20. The Morgan fingerprint density at radius 2 is 1.90 bits per heavy atom. The number of carbonyl (C=O) groups excluding carboxylic acids is 1. The number of amidine groups is 1. The molecule has 14 heteroatoms. The molecular formula is C26H22F6N4O3S. The molecule has 1 fully saturated rings. The summed E-state index contributed by atoms with van der Waals surface area (Å²) in [4.78, 5) is 18.9. The average molecular weight is 585 g/mol. The lowest BCUT2D eigenvalue weighted by molar-refractivity contribution is -0.143. The van der Waals surface area contributed by atoms with Gasteiger partial charge in [0.15, 0.2) is 5.17 Å². The summed E-state index contributed by atoms with van der Waals surface area (Å²) in [6.07, 6.45) is -8.60. The van der Waals surface area contributed by atoms with E-state index in [-0.39, 0.29) is 24.3 Å². The zero-order valence-electron chi connectivity index (χ0n) is 20.9. The third-order valence-corrected chi connectivity index (χ3v) is 7.59. The Labute approximate surface area is 228 Å². The third kappa shape index (κ3) is 5.74. The minimum Gasteiger partial charge on any atom is -0.394 e. The van der Waals surface area contributed by atoms with Gasteiger partial charge in [0.25, 0.3) is 5.91 Å². The first kappa shape index (κ1) is 28.2. The number of hydrogen-bond donors (Lipinski definition) is 1. The molecule has 0 unspecified atom stereocenters. The van der Waals surface area contributed by atoms with Crippen LogP contribution in [0.1, 0.15) is 27.9 Å². The van der Waals surface area contributed by atoms with E-state index in [9.17, 15) is 36.2 Å². The van der Waals surface area contributed by atoms with Gasteiger partial charge < -0.3 is 14.7 Å². The highest BCUT2D eigenvalue weighted by molar-refractivity contribution is 8.18. The molecule has 0 saturated carbocycles. The number of amides is 1. The van der Waals surface area contributed by atoms with Crippen LogP contribution in [0.3, 0.4) is 0 Å². The predicted octanol–water partition coefficient (Wildman–Crippen LogP) is 5.09. The van der Waals surface area contributed by atoms with Crippen molar-refractivity contribution in [3.05, 3.63) is 69.3 Å². The Morgan fingerprint density at radius 3 is 2.60 bits per heavy atom. The quantitative estimate of drug-likeness (QED) is 0.340. The number of alkyl halides is 6.